The van der Waals surface area contributed by atoms with E-state index >= 15 is 0 Å². The van der Waals surface area contributed by atoms with Crippen molar-refractivity contribution in [3.05, 3.63) is 64.9 Å². The van der Waals surface area contributed by atoms with Crippen LogP contribution >= 0.6 is 11.6 Å². The fourth-order valence-corrected chi connectivity index (χ4v) is 2.60. The Morgan fingerprint density at radius 2 is 1.88 bits per heavy atom. The summed E-state index contributed by atoms with van der Waals surface area (Å²) in [7, 11) is 3.12. The molecule has 6 heteroatoms. The van der Waals surface area contributed by atoms with E-state index in [1.54, 1.807) is 55.7 Å². The largest absolute Gasteiger partial charge is 0.497 e. The first-order chi connectivity index (χ1) is 12.1. The smallest absolute Gasteiger partial charge is 0.255 e. The van der Waals surface area contributed by atoms with Crippen molar-refractivity contribution in [1.82, 2.24) is 0 Å². The summed E-state index contributed by atoms with van der Waals surface area (Å²) >= 11 is 6.10. The molecule has 1 N–H and O–H groups in total. The lowest BCUT2D eigenvalue weighted by atomic mass is 10.1. The second kappa shape index (κ2) is 7.32. The summed E-state index contributed by atoms with van der Waals surface area (Å²) in [5, 5.41) is 3.32. The Morgan fingerprint density at radius 3 is 2.56 bits per heavy atom. The summed E-state index contributed by atoms with van der Waals surface area (Å²) in [5.74, 6) is 1.46. The number of rotatable bonds is 4. The second-order valence-electron chi connectivity index (χ2n) is 5.23. The van der Waals surface area contributed by atoms with E-state index < -0.39 is 0 Å². The lowest BCUT2D eigenvalue weighted by Crippen LogP contribution is -2.13. The van der Waals surface area contributed by atoms with Crippen LogP contribution in [-0.2, 0) is 4.79 Å². The Morgan fingerprint density at radius 1 is 1.12 bits per heavy atom. The molecule has 1 amide bonds. The Kier molecular flexibility index (Phi) is 4.95. The number of amides is 1. The third kappa shape index (κ3) is 3.78. The van der Waals surface area contributed by atoms with Gasteiger partial charge in [-0.25, -0.2) is 0 Å². The quantitative estimate of drug-likeness (QED) is 0.887. The van der Waals surface area contributed by atoms with Gasteiger partial charge >= 0.3 is 0 Å². The third-order valence-electron chi connectivity index (χ3n) is 3.62. The second-order valence-corrected chi connectivity index (χ2v) is 5.67. The molecule has 0 radical (unpaired) electrons. The minimum Gasteiger partial charge on any atom is -0.497 e. The highest BCUT2D eigenvalue weighted by Gasteiger charge is 2.16. The number of methoxy groups -OCH3 is 2. The number of ether oxygens (including phenoxy) is 3. The maximum absolute atomic E-state index is 12.5. The van der Waals surface area contributed by atoms with Crippen molar-refractivity contribution in [1.29, 1.82) is 0 Å². The van der Waals surface area contributed by atoms with E-state index in [9.17, 15) is 4.79 Å². The third-order valence-corrected chi connectivity index (χ3v) is 3.84. The van der Waals surface area contributed by atoms with E-state index in [0.29, 0.717) is 33.3 Å². The van der Waals surface area contributed by atoms with E-state index in [0.717, 1.165) is 5.75 Å². The highest BCUT2D eigenvalue weighted by Crippen LogP contribution is 2.37. The molecular formula is C19H16ClNO4. The number of nitrogens with one attached hydrogen (secondary N) is 1. The van der Waals surface area contributed by atoms with E-state index in [4.69, 9.17) is 25.8 Å². The monoisotopic (exact) mass is 357 g/mol. The summed E-state index contributed by atoms with van der Waals surface area (Å²) in [6, 6.07) is 10.5. The summed E-state index contributed by atoms with van der Waals surface area (Å²) in [6.07, 6.45) is 4.74. The van der Waals surface area contributed by atoms with Crippen LogP contribution in [0, 0.1) is 0 Å². The molecule has 0 atom stereocenters. The first-order valence-corrected chi connectivity index (χ1v) is 7.86. The first kappa shape index (κ1) is 16.9. The van der Waals surface area contributed by atoms with Gasteiger partial charge in [-0.15, -0.1) is 0 Å². The molecule has 128 valence electrons. The molecular weight excluding hydrogens is 342 g/mol. The van der Waals surface area contributed by atoms with Crippen LogP contribution in [0.2, 0.25) is 5.02 Å². The molecule has 2 aromatic carbocycles. The summed E-state index contributed by atoms with van der Waals surface area (Å²) in [6.45, 7) is 0. The predicted molar refractivity (Wildman–Crippen MR) is 97.4 cm³/mol. The Balaban J connectivity index is 1.88. The highest BCUT2D eigenvalue weighted by atomic mass is 35.5. The molecule has 2 aromatic rings. The van der Waals surface area contributed by atoms with E-state index in [2.05, 4.69) is 5.32 Å². The van der Waals surface area contributed by atoms with Gasteiger partial charge in [0, 0.05) is 27.9 Å². The van der Waals surface area contributed by atoms with Crippen molar-refractivity contribution >= 4 is 29.3 Å². The minimum atomic E-state index is -0.267. The molecule has 0 saturated carbocycles. The van der Waals surface area contributed by atoms with Crippen LogP contribution in [0.15, 0.2) is 54.3 Å². The molecule has 0 saturated heterocycles. The van der Waals surface area contributed by atoms with E-state index in [1.165, 1.54) is 13.4 Å². The van der Waals surface area contributed by atoms with Gasteiger partial charge in [-0.3, -0.25) is 4.79 Å². The molecule has 0 fully saturated rings. The number of halogens is 1. The van der Waals surface area contributed by atoms with Crippen LogP contribution in [0.25, 0.3) is 6.08 Å². The maximum atomic E-state index is 12.5. The number of carbonyl (C=O) groups is 1. The molecule has 1 aliphatic rings. The molecule has 3 rings (SSSR count). The van der Waals surface area contributed by atoms with Crippen LogP contribution < -0.4 is 19.5 Å². The van der Waals surface area contributed by atoms with Gasteiger partial charge < -0.3 is 19.5 Å². The van der Waals surface area contributed by atoms with Crippen LogP contribution in [0.4, 0.5) is 5.69 Å². The summed E-state index contributed by atoms with van der Waals surface area (Å²) in [5.41, 5.74) is 1.75. The zero-order chi connectivity index (χ0) is 17.8. The zero-order valence-electron chi connectivity index (χ0n) is 13.7. The Labute approximate surface area is 150 Å². The Hall–Kier alpha value is -2.92. The molecule has 1 heterocycles. The van der Waals surface area contributed by atoms with Crippen LogP contribution in [0.1, 0.15) is 5.56 Å². The lowest BCUT2D eigenvalue weighted by Gasteiger charge is -2.10. The SMILES string of the molecule is COc1ccc(NC(=O)C2=Cc3cc(Cl)cc(OC)c3OC=C2)cc1. The summed E-state index contributed by atoms with van der Waals surface area (Å²) < 4.78 is 16.0. The fraction of sp³-hybridized carbons (Fsp3) is 0.105. The Bertz CT molecular complexity index is 856. The average molecular weight is 358 g/mol. The van der Waals surface area contributed by atoms with Crippen molar-refractivity contribution < 1.29 is 19.0 Å². The van der Waals surface area contributed by atoms with Crippen molar-refractivity contribution in [2.75, 3.05) is 19.5 Å². The van der Waals surface area contributed by atoms with Gasteiger partial charge in [0.2, 0.25) is 0 Å². The number of anilines is 1. The van der Waals surface area contributed by atoms with Crippen LogP contribution in [-0.4, -0.2) is 20.1 Å². The number of benzene rings is 2. The lowest BCUT2D eigenvalue weighted by molar-refractivity contribution is -0.112. The fourth-order valence-electron chi connectivity index (χ4n) is 2.38. The van der Waals surface area contributed by atoms with Gasteiger partial charge in [0.15, 0.2) is 11.5 Å². The molecule has 0 unspecified atom stereocenters. The maximum Gasteiger partial charge on any atom is 0.255 e. The van der Waals surface area contributed by atoms with Crippen molar-refractivity contribution in [2.24, 2.45) is 0 Å². The first-order valence-electron chi connectivity index (χ1n) is 7.48. The number of hydrogen-bond donors (Lipinski definition) is 1. The van der Waals surface area contributed by atoms with Gasteiger partial charge in [0.1, 0.15) is 5.75 Å². The average Bonchev–Trinajstić information content (AvgIpc) is 2.84. The van der Waals surface area contributed by atoms with Gasteiger partial charge in [-0.05, 0) is 42.5 Å². The normalized spacial score (nSPS) is 12.4. The molecule has 0 bridgehead atoms. The van der Waals surface area contributed by atoms with Gasteiger partial charge in [0.05, 0.1) is 20.5 Å². The van der Waals surface area contributed by atoms with Gasteiger partial charge in [0.25, 0.3) is 5.91 Å². The molecule has 25 heavy (non-hydrogen) atoms. The van der Waals surface area contributed by atoms with Crippen molar-refractivity contribution in [3.8, 4) is 17.2 Å². The van der Waals surface area contributed by atoms with Crippen molar-refractivity contribution in [3.63, 3.8) is 0 Å². The zero-order valence-corrected chi connectivity index (χ0v) is 14.5. The standard InChI is InChI=1S/C19H16ClNO4/c1-23-16-5-3-15(4-6-16)21-19(22)12-7-8-25-18-13(9-12)10-14(20)11-17(18)24-2/h3-11H,1-2H3,(H,21,22). The van der Waals surface area contributed by atoms with Gasteiger partial charge in [-0.2, -0.15) is 0 Å². The number of carbonyl (C=O) groups excluding carboxylic acids is 1. The predicted octanol–water partition coefficient (Wildman–Crippen LogP) is 4.29. The van der Waals surface area contributed by atoms with Crippen LogP contribution in [0.3, 0.4) is 0 Å². The number of fused-ring (bicyclic) bond motifs is 1. The van der Waals surface area contributed by atoms with E-state index in [-0.39, 0.29) is 5.91 Å². The molecule has 0 aliphatic carbocycles. The number of hydrogen-bond acceptors (Lipinski definition) is 4. The molecule has 0 aromatic heterocycles. The molecule has 1 aliphatic heterocycles. The van der Waals surface area contributed by atoms with Gasteiger partial charge in [-0.1, -0.05) is 11.6 Å². The van der Waals surface area contributed by atoms with Crippen molar-refractivity contribution in [2.45, 2.75) is 0 Å². The molecule has 5 nitrogen and oxygen atoms in total. The van der Waals surface area contributed by atoms with E-state index in [1.807, 2.05) is 0 Å². The van der Waals surface area contributed by atoms with Crippen LogP contribution in [0.5, 0.6) is 17.2 Å². The highest BCUT2D eigenvalue weighted by molar-refractivity contribution is 6.31. The summed E-state index contributed by atoms with van der Waals surface area (Å²) in [4.78, 5) is 12.5. The minimum absolute atomic E-state index is 0.267. The topological polar surface area (TPSA) is 56.8 Å². The molecule has 0 spiro atoms.